The average molecular weight is 236 g/mol. The number of aryl methyl sites for hydroxylation is 1. The van der Waals surface area contributed by atoms with Crippen LogP contribution in [0, 0.1) is 18.7 Å². The lowest BCUT2D eigenvalue weighted by Gasteiger charge is -2.31. The third-order valence-corrected chi connectivity index (χ3v) is 3.25. The van der Waals surface area contributed by atoms with Gasteiger partial charge in [-0.1, -0.05) is 13.0 Å². The summed E-state index contributed by atoms with van der Waals surface area (Å²) in [5.41, 5.74) is 1.88. The highest BCUT2D eigenvalue weighted by Crippen LogP contribution is 2.22. The number of rotatable bonds is 1. The summed E-state index contributed by atoms with van der Waals surface area (Å²) >= 11 is 0. The van der Waals surface area contributed by atoms with Crippen LogP contribution in [0.1, 0.15) is 18.9 Å². The van der Waals surface area contributed by atoms with E-state index in [1.165, 1.54) is 0 Å². The smallest absolute Gasteiger partial charge is 0.146 e. The number of hydrogen-bond acceptors (Lipinski definition) is 2. The maximum absolute atomic E-state index is 13.9. The van der Waals surface area contributed by atoms with Crippen molar-refractivity contribution in [2.24, 2.45) is 5.92 Å². The molecule has 1 aromatic rings. The van der Waals surface area contributed by atoms with E-state index in [-0.39, 0.29) is 5.82 Å². The van der Waals surface area contributed by atoms with Crippen molar-refractivity contribution >= 4 is 5.69 Å². The van der Waals surface area contributed by atoms with Crippen LogP contribution in [0.4, 0.5) is 10.1 Å². The normalized spacial score (nSPS) is 22.1. The predicted octanol–water partition coefficient (Wildman–Crippen LogP) is 2.57. The molecule has 0 bridgehead atoms. The summed E-state index contributed by atoms with van der Waals surface area (Å²) in [6.45, 7) is 8.11. The Bertz CT molecular complexity index is 378. The average Bonchev–Trinajstić information content (AvgIpc) is 2.27. The highest BCUT2D eigenvalue weighted by molar-refractivity contribution is 5.50. The van der Waals surface area contributed by atoms with E-state index in [2.05, 4.69) is 17.1 Å². The number of hydrogen-bond donors (Lipinski definition) is 1. The van der Waals surface area contributed by atoms with Crippen LogP contribution < -0.4 is 10.2 Å². The van der Waals surface area contributed by atoms with Crippen molar-refractivity contribution in [3.05, 3.63) is 29.6 Å². The number of halogens is 1. The lowest BCUT2D eigenvalue weighted by molar-refractivity contribution is 0.464. The molecule has 17 heavy (non-hydrogen) atoms. The van der Waals surface area contributed by atoms with Gasteiger partial charge in [-0.25, -0.2) is 4.39 Å². The fourth-order valence-electron chi connectivity index (χ4n) is 2.36. The number of anilines is 1. The molecule has 1 saturated heterocycles. The van der Waals surface area contributed by atoms with Crippen LogP contribution in [0.25, 0.3) is 0 Å². The zero-order valence-corrected chi connectivity index (χ0v) is 10.7. The molecule has 0 aliphatic carbocycles. The molecule has 0 aromatic heterocycles. The van der Waals surface area contributed by atoms with Crippen molar-refractivity contribution in [2.45, 2.75) is 20.3 Å². The van der Waals surface area contributed by atoms with Crippen LogP contribution in [0.5, 0.6) is 0 Å². The van der Waals surface area contributed by atoms with Gasteiger partial charge in [0, 0.05) is 13.1 Å². The van der Waals surface area contributed by atoms with E-state index in [0.717, 1.165) is 43.9 Å². The summed E-state index contributed by atoms with van der Waals surface area (Å²) in [5, 5.41) is 3.41. The summed E-state index contributed by atoms with van der Waals surface area (Å²) in [7, 11) is 0. The van der Waals surface area contributed by atoms with Gasteiger partial charge in [0.2, 0.25) is 0 Å². The second-order valence-corrected chi connectivity index (χ2v) is 5.06. The third kappa shape index (κ3) is 3.19. The minimum Gasteiger partial charge on any atom is -0.369 e. The second-order valence-electron chi connectivity index (χ2n) is 5.06. The maximum atomic E-state index is 13.9. The Morgan fingerprint density at radius 2 is 2.24 bits per heavy atom. The topological polar surface area (TPSA) is 15.3 Å². The Kier molecular flexibility index (Phi) is 4.00. The predicted molar refractivity (Wildman–Crippen MR) is 70.0 cm³/mol. The zero-order valence-electron chi connectivity index (χ0n) is 10.7. The molecule has 0 amide bonds. The molecule has 2 nitrogen and oxygen atoms in total. The molecule has 1 aliphatic rings. The van der Waals surface area contributed by atoms with E-state index < -0.39 is 0 Å². The Hall–Kier alpha value is -1.09. The lowest BCUT2D eigenvalue weighted by Crippen LogP contribution is -2.39. The lowest BCUT2D eigenvalue weighted by atomic mass is 10.1. The molecule has 0 radical (unpaired) electrons. The summed E-state index contributed by atoms with van der Waals surface area (Å²) < 4.78 is 13.9. The number of nitrogens with zero attached hydrogens (tertiary/aromatic N) is 1. The van der Waals surface area contributed by atoms with E-state index >= 15 is 0 Å². The van der Waals surface area contributed by atoms with Gasteiger partial charge in [0.25, 0.3) is 0 Å². The highest BCUT2D eigenvalue weighted by atomic mass is 19.1. The van der Waals surface area contributed by atoms with Gasteiger partial charge in [-0.05, 0) is 50.0 Å². The van der Waals surface area contributed by atoms with Crippen molar-refractivity contribution in [1.29, 1.82) is 0 Å². The van der Waals surface area contributed by atoms with Gasteiger partial charge < -0.3 is 10.2 Å². The van der Waals surface area contributed by atoms with E-state index in [0.29, 0.717) is 5.92 Å². The van der Waals surface area contributed by atoms with Crippen molar-refractivity contribution in [3.8, 4) is 0 Å². The van der Waals surface area contributed by atoms with Crippen LogP contribution in [0.3, 0.4) is 0 Å². The molecule has 0 saturated carbocycles. The van der Waals surface area contributed by atoms with Crippen LogP contribution in [-0.4, -0.2) is 26.2 Å². The van der Waals surface area contributed by atoms with E-state index in [9.17, 15) is 4.39 Å². The van der Waals surface area contributed by atoms with Crippen molar-refractivity contribution in [1.82, 2.24) is 5.32 Å². The van der Waals surface area contributed by atoms with E-state index in [1.54, 1.807) is 6.07 Å². The van der Waals surface area contributed by atoms with Gasteiger partial charge in [0.15, 0.2) is 0 Å². The molecule has 2 rings (SSSR count). The maximum Gasteiger partial charge on any atom is 0.146 e. The van der Waals surface area contributed by atoms with Crippen LogP contribution in [0.2, 0.25) is 0 Å². The Labute approximate surface area is 103 Å². The van der Waals surface area contributed by atoms with Gasteiger partial charge in [-0.3, -0.25) is 0 Å². The summed E-state index contributed by atoms with van der Waals surface area (Å²) in [6.07, 6.45) is 1.07. The first-order valence-electron chi connectivity index (χ1n) is 6.38. The molecule has 94 valence electrons. The largest absolute Gasteiger partial charge is 0.369 e. The van der Waals surface area contributed by atoms with Crippen LogP contribution in [0.15, 0.2) is 18.2 Å². The third-order valence-electron chi connectivity index (χ3n) is 3.25. The summed E-state index contributed by atoms with van der Waals surface area (Å²) in [5.74, 6) is 0.451. The first kappa shape index (κ1) is 12.4. The van der Waals surface area contributed by atoms with Gasteiger partial charge in [-0.2, -0.15) is 0 Å². The summed E-state index contributed by atoms with van der Waals surface area (Å²) in [6, 6.07) is 5.36. The quantitative estimate of drug-likeness (QED) is 0.806. The summed E-state index contributed by atoms with van der Waals surface area (Å²) in [4.78, 5) is 2.19. The Balaban J connectivity index is 2.20. The van der Waals surface area contributed by atoms with E-state index in [1.807, 2.05) is 19.1 Å². The first-order chi connectivity index (χ1) is 8.16. The van der Waals surface area contributed by atoms with Gasteiger partial charge >= 0.3 is 0 Å². The molecular weight excluding hydrogens is 215 g/mol. The molecule has 1 N–H and O–H groups in total. The molecular formula is C14H21FN2. The molecule has 0 spiro atoms. The molecule has 1 unspecified atom stereocenters. The molecule has 1 aromatic carbocycles. The monoisotopic (exact) mass is 236 g/mol. The van der Waals surface area contributed by atoms with Crippen molar-refractivity contribution in [3.63, 3.8) is 0 Å². The highest BCUT2D eigenvalue weighted by Gasteiger charge is 2.16. The molecule has 3 heteroatoms. The molecule has 1 fully saturated rings. The minimum absolute atomic E-state index is 0.101. The van der Waals surface area contributed by atoms with Gasteiger partial charge in [0.1, 0.15) is 5.82 Å². The van der Waals surface area contributed by atoms with E-state index in [4.69, 9.17) is 0 Å². The first-order valence-corrected chi connectivity index (χ1v) is 6.38. The van der Waals surface area contributed by atoms with Gasteiger partial charge in [-0.15, -0.1) is 0 Å². The SMILES string of the molecule is Cc1ccc(F)c(N2CCCNCC(C)C2)c1. The fraction of sp³-hybridized carbons (Fsp3) is 0.571. The molecule has 1 atom stereocenters. The fourth-order valence-corrected chi connectivity index (χ4v) is 2.36. The van der Waals surface area contributed by atoms with Crippen LogP contribution in [-0.2, 0) is 0 Å². The van der Waals surface area contributed by atoms with Crippen molar-refractivity contribution in [2.75, 3.05) is 31.1 Å². The second kappa shape index (κ2) is 5.50. The zero-order chi connectivity index (χ0) is 12.3. The van der Waals surface area contributed by atoms with Gasteiger partial charge in [0.05, 0.1) is 5.69 Å². The minimum atomic E-state index is -0.101. The Morgan fingerprint density at radius 3 is 3.06 bits per heavy atom. The molecule has 1 heterocycles. The standard InChI is InChI=1S/C14H21FN2/c1-11-4-5-13(15)14(8-11)17-7-3-6-16-9-12(2)10-17/h4-5,8,12,16H,3,6-7,9-10H2,1-2H3. The molecule has 1 aliphatic heterocycles. The number of benzene rings is 1. The van der Waals surface area contributed by atoms with Crippen molar-refractivity contribution < 1.29 is 4.39 Å². The number of nitrogens with one attached hydrogen (secondary N) is 1. The Morgan fingerprint density at radius 1 is 1.41 bits per heavy atom. The van der Waals surface area contributed by atoms with Crippen LogP contribution >= 0.6 is 0 Å².